The van der Waals surface area contributed by atoms with E-state index in [-0.39, 0.29) is 0 Å². The maximum absolute atomic E-state index is 8.07. The van der Waals surface area contributed by atoms with E-state index in [0.29, 0.717) is 6.04 Å². The maximum atomic E-state index is 8.07. The average Bonchev–Trinajstić information content (AvgIpc) is 3.07. The van der Waals surface area contributed by atoms with Gasteiger partial charge in [0, 0.05) is 33.5 Å². The van der Waals surface area contributed by atoms with Crippen molar-refractivity contribution in [1.29, 1.82) is 0 Å². The van der Waals surface area contributed by atoms with Gasteiger partial charge in [0.25, 0.3) is 0 Å². The summed E-state index contributed by atoms with van der Waals surface area (Å²) >= 11 is 0. The van der Waals surface area contributed by atoms with Crippen molar-refractivity contribution in [3.63, 3.8) is 0 Å². The normalized spacial score (nSPS) is 11.7. The summed E-state index contributed by atoms with van der Waals surface area (Å²) in [5.74, 6) is 0. The first-order chi connectivity index (χ1) is 21.3. The number of hydrogen-bond acceptors (Lipinski definition) is 2. The molecule has 8 aromatic rings. The molecular formula is C40H28N2. The van der Waals surface area contributed by atoms with Crippen molar-refractivity contribution in [3.05, 3.63) is 170 Å². The summed E-state index contributed by atoms with van der Waals surface area (Å²) in [6.45, 7) is 0. The maximum Gasteiger partial charge on any atom is 0.0623 e. The quantitative estimate of drug-likeness (QED) is 0.195. The summed E-state index contributed by atoms with van der Waals surface area (Å²) in [6, 6.07) is 58.0. The molecule has 0 aliphatic rings. The summed E-state index contributed by atoms with van der Waals surface area (Å²) in [4.78, 5) is 4.65. The predicted octanol–water partition coefficient (Wildman–Crippen LogP) is 11.5. The van der Waals surface area contributed by atoms with E-state index in [4.69, 9.17) is 1.37 Å². The second kappa shape index (κ2) is 10.1. The van der Waals surface area contributed by atoms with Gasteiger partial charge in [-0.3, -0.25) is 0 Å². The second-order valence-corrected chi connectivity index (χ2v) is 10.5. The van der Waals surface area contributed by atoms with Crippen LogP contribution < -0.4 is 9.80 Å². The fourth-order valence-electron chi connectivity index (χ4n) is 6.27. The van der Waals surface area contributed by atoms with Gasteiger partial charge >= 0.3 is 0 Å². The fourth-order valence-corrected chi connectivity index (χ4v) is 6.27. The lowest BCUT2D eigenvalue weighted by molar-refractivity contribution is 1.30. The first kappa shape index (κ1) is 23.1. The van der Waals surface area contributed by atoms with Crippen molar-refractivity contribution >= 4 is 66.4 Å². The van der Waals surface area contributed by atoms with Gasteiger partial charge in [-0.15, -0.1) is 0 Å². The highest BCUT2D eigenvalue weighted by atomic mass is 15.1. The molecule has 0 heterocycles. The smallest absolute Gasteiger partial charge is 0.0623 e. The van der Waals surface area contributed by atoms with Crippen molar-refractivity contribution < 1.29 is 1.37 Å². The summed E-state index contributed by atoms with van der Waals surface area (Å²) in [7, 11) is 0. The van der Waals surface area contributed by atoms with Gasteiger partial charge in [-0.05, 0) is 82.2 Å². The minimum absolute atomic E-state index is 0.501. The van der Waals surface area contributed by atoms with Crippen molar-refractivity contribution in [2.45, 2.75) is 0 Å². The summed E-state index contributed by atoms with van der Waals surface area (Å²) in [6.07, 6.45) is 0. The van der Waals surface area contributed by atoms with Crippen molar-refractivity contribution in [1.82, 2.24) is 0 Å². The van der Waals surface area contributed by atoms with Gasteiger partial charge in [0.2, 0.25) is 0 Å². The molecule has 0 saturated heterocycles. The van der Waals surface area contributed by atoms with E-state index in [1.54, 1.807) is 0 Å². The standard InChI is InChI=1S/C40H28N2/c1-5-13-31(14-6-1)41(32-15-7-2-8-16-32)37-27-23-29-22-26-36-38(28-24-30-21-25-35(37)39(29)40(30)36)42(33-17-9-3-10-18-33)34-19-11-4-12-20-34/h1-28H/i1D. The van der Waals surface area contributed by atoms with Crippen LogP contribution in [0.1, 0.15) is 1.37 Å². The van der Waals surface area contributed by atoms with E-state index in [0.717, 1.165) is 34.1 Å². The van der Waals surface area contributed by atoms with E-state index >= 15 is 0 Å². The predicted molar refractivity (Wildman–Crippen MR) is 180 cm³/mol. The SMILES string of the molecule is [2H]c1ccc(N(c2ccccc2)c2ccc3ccc4c(N(c5ccccc5)c5ccccc5)ccc5ccc2c3c54)cc1. The zero-order valence-electron chi connectivity index (χ0n) is 24.0. The van der Waals surface area contributed by atoms with Crippen molar-refractivity contribution in [3.8, 4) is 0 Å². The molecule has 0 radical (unpaired) electrons. The van der Waals surface area contributed by atoms with Crippen LogP contribution in [0.25, 0.3) is 32.3 Å². The Morgan fingerprint density at radius 3 is 1.05 bits per heavy atom. The van der Waals surface area contributed by atoms with E-state index < -0.39 is 0 Å². The van der Waals surface area contributed by atoms with Crippen molar-refractivity contribution in [2.75, 3.05) is 9.80 Å². The van der Waals surface area contributed by atoms with E-state index in [2.05, 4.69) is 143 Å². The molecule has 0 unspecified atom stereocenters. The molecule has 2 heteroatoms. The average molecular weight is 538 g/mol. The van der Waals surface area contributed by atoms with Gasteiger partial charge in [0.05, 0.1) is 12.7 Å². The summed E-state index contributed by atoms with van der Waals surface area (Å²) in [5.41, 5.74) is 6.61. The van der Waals surface area contributed by atoms with Crippen LogP contribution in [0.5, 0.6) is 0 Å². The Bertz CT molecular complexity index is 2140. The van der Waals surface area contributed by atoms with E-state index in [1.165, 1.54) is 32.3 Å². The second-order valence-electron chi connectivity index (χ2n) is 10.5. The Morgan fingerprint density at radius 2 is 0.667 bits per heavy atom. The largest absolute Gasteiger partial charge is 0.310 e. The molecule has 0 aliphatic heterocycles. The van der Waals surface area contributed by atoms with Gasteiger partial charge in [0.1, 0.15) is 0 Å². The molecule has 198 valence electrons. The zero-order chi connectivity index (χ0) is 28.8. The molecule has 0 fully saturated rings. The molecule has 42 heavy (non-hydrogen) atoms. The molecule has 0 amide bonds. The third kappa shape index (κ3) is 3.96. The molecule has 0 spiro atoms. The Labute approximate surface area is 247 Å². The van der Waals surface area contributed by atoms with Crippen LogP contribution in [0.3, 0.4) is 0 Å². The Hall–Kier alpha value is -5.60. The Kier molecular flexibility index (Phi) is 5.56. The topological polar surface area (TPSA) is 6.48 Å². The van der Waals surface area contributed by atoms with Crippen LogP contribution in [0, 0.1) is 0 Å². The number of hydrogen-bond donors (Lipinski definition) is 0. The van der Waals surface area contributed by atoms with Gasteiger partial charge in [-0.2, -0.15) is 0 Å². The Morgan fingerprint density at radius 1 is 0.333 bits per heavy atom. The van der Waals surface area contributed by atoms with Crippen LogP contribution in [0.4, 0.5) is 34.1 Å². The van der Waals surface area contributed by atoms with Gasteiger partial charge in [-0.1, -0.05) is 109 Å². The number of rotatable bonds is 6. The molecule has 0 N–H and O–H groups in total. The summed E-state index contributed by atoms with van der Waals surface area (Å²) in [5, 5.41) is 7.37. The third-order valence-corrected chi connectivity index (χ3v) is 8.10. The number of para-hydroxylation sites is 4. The first-order valence-corrected chi connectivity index (χ1v) is 14.3. The highest BCUT2D eigenvalue weighted by Gasteiger charge is 2.21. The third-order valence-electron chi connectivity index (χ3n) is 8.10. The zero-order valence-corrected chi connectivity index (χ0v) is 23.0. The van der Waals surface area contributed by atoms with E-state index in [1.807, 2.05) is 30.3 Å². The fraction of sp³-hybridized carbons (Fsp3) is 0. The highest BCUT2D eigenvalue weighted by molar-refractivity contribution is 6.28. The van der Waals surface area contributed by atoms with Crippen LogP contribution in [-0.2, 0) is 0 Å². The molecule has 8 aromatic carbocycles. The number of anilines is 6. The Balaban J connectivity index is 1.41. The number of benzene rings is 8. The van der Waals surface area contributed by atoms with Crippen LogP contribution >= 0.6 is 0 Å². The van der Waals surface area contributed by atoms with Crippen LogP contribution in [0.15, 0.2) is 170 Å². The van der Waals surface area contributed by atoms with Gasteiger partial charge in [0.15, 0.2) is 0 Å². The molecule has 0 aromatic heterocycles. The lowest BCUT2D eigenvalue weighted by atomic mass is 9.91. The van der Waals surface area contributed by atoms with E-state index in [9.17, 15) is 0 Å². The van der Waals surface area contributed by atoms with Gasteiger partial charge in [-0.25, -0.2) is 0 Å². The minimum atomic E-state index is 0.501. The minimum Gasteiger partial charge on any atom is -0.310 e. The monoisotopic (exact) mass is 537 g/mol. The van der Waals surface area contributed by atoms with Crippen LogP contribution in [-0.4, -0.2) is 0 Å². The van der Waals surface area contributed by atoms with Crippen molar-refractivity contribution in [2.24, 2.45) is 0 Å². The summed E-state index contributed by atoms with van der Waals surface area (Å²) < 4.78 is 8.07. The molecule has 0 bridgehead atoms. The molecule has 0 saturated carbocycles. The highest BCUT2D eigenvalue weighted by Crippen LogP contribution is 2.47. The lowest BCUT2D eigenvalue weighted by Gasteiger charge is -2.29. The van der Waals surface area contributed by atoms with Gasteiger partial charge < -0.3 is 9.80 Å². The van der Waals surface area contributed by atoms with Crippen LogP contribution in [0.2, 0.25) is 0 Å². The molecule has 8 rings (SSSR count). The lowest BCUT2D eigenvalue weighted by Crippen LogP contribution is -2.11. The molecule has 0 atom stereocenters. The molecule has 0 aliphatic carbocycles. The number of nitrogens with zero attached hydrogens (tertiary/aromatic N) is 2. The molecule has 2 nitrogen and oxygen atoms in total. The molecular weight excluding hydrogens is 508 g/mol. The first-order valence-electron chi connectivity index (χ1n) is 14.8.